The number of nitrogens with one attached hydrogen (secondary N) is 2. The second-order valence-corrected chi connectivity index (χ2v) is 1.61. The maximum Gasteiger partial charge on any atom is 0.272 e. The fourth-order valence-corrected chi connectivity index (χ4v) is 0.564. The Hall–Kier alpha value is -1.23. The van der Waals surface area contributed by atoms with Crippen LogP contribution in [0.5, 0.6) is 5.88 Å². The van der Waals surface area contributed by atoms with Crippen LogP contribution in [-0.4, -0.2) is 15.3 Å². The molecule has 0 atom stereocenters. The van der Waals surface area contributed by atoms with Crippen molar-refractivity contribution < 1.29 is 5.11 Å². The minimum atomic E-state index is -0.366. The van der Waals surface area contributed by atoms with E-state index in [0.29, 0.717) is 0 Å². The van der Waals surface area contributed by atoms with E-state index in [9.17, 15) is 4.79 Å². The molecule has 5 nitrogen and oxygen atoms in total. The average molecular weight is 129 g/mol. The first-order valence-electron chi connectivity index (χ1n) is 2.44. The molecular formula is C4H7N3O2. The summed E-state index contributed by atoms with van der Waals surface area (Å²) < 4.78 is 0. The van der Waals surface area contributed by atoms with Crippen LogP contribution in [0.3, 0.4) is 0 Å². The fraction of sp³-hybridized carbons (Fsp3) is 0.250. The number of aromatic amines is 2. The molecule has 5 heteroatoms. The molecule has 1 aromatic heterocycles. The smallest absolute Gasteiger partial charge is 0.272 e. The van der Waals surface area contributed by atoms with Crippen LogP contribution in [0, 0.1) is 0 Å². The highest BCUT2D eigenvalue weighted by molar-refractivity contribution is 5.19. The molecule has 1 rings (SSSR count). The van der Waals surface area contributed by atoms with E-state index >= 15 is 0 Å². The standard InChI is InChI=1S/C4H7N3O2/c5-1-2-3(8)6-7-4(2)9/h1,5H2,(H3,6,7,8,9). The third kappa shape index (κ3) is 0.812. The summed E-state index contributed by atoms with van der Waals surface area (Å²) in [6, 6.07) is 0. The van der Waals surface area contributed by atoms with Gasteiger partial charge in [-0.2, -0.15) is 0 Å². The molecule has 0 spiro atoms. The first kappa shape index (κ1) is 5.90. The molecule has 1 aromatic rings. The normalized spacial score (nSPS) is 9.89. The monoisotopic (exact) mass is 129 g/mol. The molecular weight excluding hydrogens is 122 g/mol. The molecule has 0 amide bonds. The third-order valence-electron chi connectivity index (χ3n) is 1.06. The van der Waals surface area contributed by atoms with Crippen LogP contribution in [0.1, 0.15) is 5.56 Å². The van der Waals surface area contributed by atoms with Gasteiger partial charge in [0.1, 0.15) is 0 Å². The zero-order chi connectivity index (χ0) is 6.85. The van der Waals surface area contributed by atoms with Crippen molar-refractivity contribution >= 4 is 0 Å². The van der Waals surface area contributed by atoms with Crippen molar-refractivity contribution in [3.63, 3.8) is 0 Å². The predicted molar refractivity (Wildman–Crippen MR) is 31.0 cm³/mol. The number of hydrogen-bond donors (Lipinski definition) is 4. The Morgan fingerprint density at radius 2 is 2.22 bits per heavy atom. The van der Waals surface area contributed by atoms with Gasteiger partial charge in [-0.3, -0.25) is 15.0 Å². The lowest BCUT2D eigenvalue weighted by Crippen LogP contribution is -2.09. The van der Waals surface area contributed by atoms with Gasteiger partial charge in [-0.05, 0) is 0 Å². The lowest BCUT2D eigenvalue weighted by molar-refractivity contribution is 0.446. The molecule has 9 heavy (non-hydrogen) atoms. The Bertz CT molecular complexity index is 249. The Morgan fingerprint density at radius 3 is 2.44 bits per heavy atom. The summed E-state index contributed by atoms with van der Waals surface area (Å²) >= 11 is 0. The van der Waals surface area contributed by atoms with Crippen LogP contribution < -0.4 is 11.3 Å². The average Bonchev–Trinajstić information content (AvgIpc) is 2.12. The van der Waals surface area contributed by atoms with Crippen molar-refractivity contribution in [2.45, 2.75) is 6.54 Å². The van der Waals surface area contributed by atoms with E-state index in [2.05, 4.69) is 10.2 Å². The van der Waals surface area contributed by atoms with Crippen molar-refractivity contribution in [1.29, 1.82) is 0 Å². The van der Waals surface area contributed by atoms with Gasteiger partial charge in [0.05, 0.1) is 5.56 Å². The van der Waals surface area contributed by atoms with Crippen molar-refractivity contribution in [3.8, 4) is 5.88 Å². The lowest BCUT2D eigenvalue weighted by atomic mass is 10.3. The van der Waals surface area contributed by atoms with E-state index in [-0.39, 0.29) is 23.5 Å². The van der Waals surface area contributed by atoms with Gasteiger partial charge in [0.25, 0.3) is 5.56 Å². The maximum absolute atomic E-state index is 10.5. The molecule has 50 valence electrons. The van der Waals surface area contributed by atoms with E-state index in [0.717, 1.165) is 0 Å². The van der Waals surface area contributed by atoms with E-state index in [1.807, 2.05) is 0 Å². The molecule has 5 N–H and O–H groups in total. The molecule has 0 saturated carbocycles. The number of aromatic hydroxyl groups is 1. The van der Waals surface area contributed by atoms with Crippen molar-refractivity contribution in [3.05, 3.63) is 15.9 Å². The van der Waals surface area contributed by atoms with Gasteiger partial charge in [0, 0.05) is 6.54 Å². The molecule has 0 fully saturated rings. The quantitative estimate of drug-likeness (QED) is 0.386. The van der Waals surface area contributed by atoms with E-state index in [1.165, 1.54) is 0 Å². The SMILES string of the molecule is NCc1c(O)[nH][nH]c1=O. The zero-order valence-electron chi connectivity index (χ0n) is 4.64. The summed E-state index contributed by atoms with van der Waals surface area (Å²) in [5, 5.41) is 13.2. The third-order valence-corrected chi connectivity index (χ3v) is 1.06. The van der Waals surface area contributed by atoms with Crippen LogP contribution in [0.15, 0.2) is 4.79 Å². The highest BCUT2D eigenvalue weighted by Gasteiger charge is 2.03. The molecule has 0 aliphatic carbocycles. The fourth-order valence-electron chi connectivity index (χ4n) is 0.564. The number of hydrogen-bond acceptors (Lipinski definition) is 3. The molecule has 0 aliphatic heterocycles. The van der Waals surface area contributed by atoms with Crippen molar-refractivity contribution in [2.75, 3.05) is 0 Å². The first-order valence-corrected chi connectivity index (χ1v) is 2.44. The van der Waals surface area contributed by atoms with Gasteiger partial charge < -0.3 is 10.8 Å². The van der Waals surface area contributed by atoms with Crippen molar-refractivity contribution in [2.24, 2.45) is 5.73 Å². The number of aromatic nitrogens is 2. The summed E-state index contributed by atoms with van der Waals surface area (Å²) in [5.41, 5.74) is 4.92. The molecule has 1 heterocycles. The Kier molecular flexibility index (Phi) is 1.27. The van der Waals surface area contributed by atoms with E-state index < -0.39 is 0 Å². The summed E-state index contributed by atoms with van der Waals surface area (Å²) in [4.78, 5) is 10.5. The highest BCUT2D eigenvalue weighted by Crippen LogP contribution is 2.03. The van der Waals surface area contributed by atoms with E-state index in [1.54, 1.807) is 0 Å². The summed E-state index contributed by atoms with van der Waals surface area (Å²) in [5.74, 6) is -0.178. The molecule has 0 saturated heterocycles. The maximum atomic E-state index is 10.5. The number of rotatable bonds is 1. The van der Waals surface area contributed by atoms with Crippen LogP contribution in [0.4, 0.5) is 0 Å². The second kappa shape index (κ2) is 1.94. The Balaban J connectivity index is 3.23. The molecule has 0 aromatic carbocycles. The van der Waals surface area contributed by atoms with Gasteiger partial charge in [-0.25, -0.2) is 0 Å². The Morgan fingerprint density at radius 1 is 1.56 bits per heavy atom. The van der Waals surface area contributed by atoms with Crippen molar-refractivity contribution in [1.82, 2.24) is 10.2 Å². The highest BCUT2D eigenvalue weighted by atomic mass is 16.3. The molecule has 0 bridgehead atoms. The summed E-state index contributed by atoms with van der Waals surface area (Å²) in [6.07, 6.45) is 0. The predicted octanol–water partition coefficient (Wildman–Crippen LogP) is -1.13. The largest absolute Gasteiger partial charge is 0.493 e. The molecule has 0 unspecified atom stereocenters. The first-order chi connectivity index (χ1) is 4.25. The van der Waals surface area contributed by atoms with Gasteiger partial charge in [-0.1, -0.05) is 0 Å². The minimum Gasteiger partial charge on any atom is -0.493 e. The van der Waals surface area contributed by atoms with Crippen LogP contribution >= 0.6 is 0 Å². The molecule has 0 radical (unpaired) electrons. The summed E-state index contributed by atoms with van der Waals surface area (Å²) in [6.45, 7) is 0.0463. The van der Waals surface area contributed by atoms with Gasteiger partial charge in [-0.15, -0.1) is 0 Å². The molecule has 0 aliphatic rings. The lowest BCUT2D eigenvalue weighted by Gasteiger charge is -1.84. The number of nitrogens with two attached hydrogens (primary N) is 1. The summed E-state index contributed by atoms with van der Waals surface area (Å²) in [7, 11) is 0. The van der Waals surface area contributed by atoms with Gasteiger partial charge in [0.2, 0.25) is 5.88 Å². The topological polar surface area (TPSA) is 94.9 Å². The van der Waals surface area contributed by atoms with E-state index in [4.69, 9.17) is 10.8 Å². The minimum absolute atomic E-state index is 0.0463. The second-order valence-electron chi connectivity index (χ2n) is 1.61. The number of H-pyrrole nitrogens is 2. The Labute approximate surface area is 50.5 Å². The van der Waals surface area contributed by atoms with Gasteiger partial charge >= 0.3 is 0 Å². The van der Waals surface area contributed by atoms with Crippen LogP contribution in [0.25, 0.3) is 0 Å². The van der Waals surface area contributed by atoms with Crippen LogP contribution in [0.2, 0.25) is 0 Å². The van der Waals surface area contributed by atoms with Crippen LogP contribution in [-0.2, 0) is 6.54 Å². The van der Waals surface area contributed by atoms with Gasteiger partial charge in [0.15, 0.2) is 0 Å². The zero-order valence-corrected chi connectivity index (χ0v) is 4.64.